The van der Waals surface area contributed by atoms with E-state index in [1.165, 1.54) is 0 Å². The first-order chi connectivity index (χ1) is 15.0. The summed E-state index contributed by atoms with van der Waals surface area (Å²) in [6, 6.07) is 11.4. The largest absolute Gasteiger partial charge is 0.345 e. The van der Waals surface area contributed by atoms with Gasteiger partial charge in [-0.05, 0) is 69.2 Å². The van der Waals surface area contributed by atoms with E-state index in [9.17, 15) is 9.59 Å². The van der Waals surface area contributed by atoms with Crippen molar-refractivity contribution in [3.8, 4) is 6.07 Å². The molecule has 1 fully saturated rings. The first-order valence-electron chi connectivity index (χ1n) is 11.4. The summed E-state index contributed by atoms with van der Waals surface area (Å²) in [5, 5.41) is 12.2. The van der Waals surface area contributed by atoms with Crippen LogP contribution >= 0.6 is 0 Å². The quantitative estimate of drug-likeness (QED) is 0.790. The highest BCUT2D eigenvalue weighted by atomic mass is 16.2. The number of carbonyl (C=O) groups excluding carboxylic acids is 2. The molecule has 6 heteroatoms. The zero-order valence-corrected chi connectivity index (χ0v) is 18.4. The van der Waals surface area contributed by atoms with Crippen LogP contribution in [0, 0.1) is 11.3 Å². The van der Waals surface area contributed by atoms with Crippen molar-refractivity contribution < 1.29 is 9.59 Å². The molecule has 1 N–H and O–H groups in total. The van der Waals surface area contributed by atoms with Gasteiger partial charge >= 0.3 is 0 Å². The van der Waals surface area contributed by atoms with Crippen LogP contribution in [0.2, 0.25) is 0 Å². The number of hydrogen-bond donors (Lipinski definition) is 1. The molecule has 2 aliphatic rings. The molecule has 2 aliphatic heterocycles. The molecular weight excluding hydrogens is 388 g/mol. The van der Waals surface area contributed by atoms with Crippen LogP contribution in [0.15, 0.2) is 30.3 Å². The van der Waals surface area contributed by atoms with E-state index in [4.69, 9.17) is 5.26 Å². The molecule has 0 saturated carbocycles. The normalized spacial score (nSPS) is 18.9. The number of amides is 2. The Kier molecular flexibility index (Phi) is 6.13. The molecule has 2 amide bonds. The second-order valence-electron chi connectivity index (χ2n) is 8.66. The summed E-state index contributed by atoms with van der Waals surface area (Å²) in [5.74, 6) is -0.0817. The number of nitrogens with one attached hydrogen (secondary N) is 1. The molecule has 1 saturated heterocycles. The number of rotatable bonds is 5. The Balaban J connectivity index is 1.60. The van der Waals surface area contributed by atoms with E-state index >= 15 is 0 Å². The topological polar surface area (TPSA) is 78.1 Å². The highest BCUT2D eigenvalue weighted by Gasteiger charge is 2.32. The molecule has 6 nitrogen and oxygen atoms in total. The minimum Gasteiger partial charge on any atom is -0.345 e. The van der Waals surface area contributed by atoms with Gasteiger partial charge in [0.05, 0.1) is 23.2 Å². The maximum Gasteiger partial charge on any atom is 0.270 e. The van der Waals surface area contributed by atoms with Crippen molar-refractivity contribution in [1.29, 1.82) is 5.26 Å². The van der Waals surface area contributed by atoms with Gasteiger partial charge in [-0.1, -0.05) is 19.1 Å². The fourth-order valence-electron chi connectivity index (χ4n) is 4.88. The zero-order chi connectivity index (χ0) is 22.0. The first kappa shape index (κ1) is 21.2. The third-order valence-corrected chi connectivity index (χ3v) is 6.69. The van der Waals surface area contributed by atoms with E-state index in [0.717, 1.165) is 62.9 Å². The van der Waals surface area contributed by atoms with Crippen LogP contribution in [0.3, 0.4) is 0 Å². The van der Waals surface area contributed by atoms with Gasteiger partial charge in [-0.2, -0.15) is 5.26 Å². The van der Waals surface area contributed by atoms with Crippen molar-refractivity contribution in [2.45, 2.75) is 71.0 Å². The lowest BCUT2D eigenvalue weighted by atomic mass is 10.0. The summed E-state index contributed by atoms with van der Waals surface area (Å²) in [5.41, 5.74) is 3.84. The summed E-state index contributed by atoms with van der Waals surface area (Å²) in [6.45, 7) is 5.71. The molecule has 162 valence electrons. The number of nitriles is 1. The second kappa shape index (κ2) is 8.97. The van der Waals surface area contributed by atoms with E-state index in [-0.39, 0.29) is 23.9 Å². The molecule has 0 aliphatic carbocycles. The molecule has 0 spiro atoms. The first-order valence-corrected chi connectivity index (χ1v) is 11.4. The van der Waals surface area contributed by atoms with Gasteiger partial charge in [-0.3, -0.25) is 9.59 Å². The van der Waals surface area contributed by atoms with E-state index < -0.39 is 0 Å². The summed E-state index contributed by atoms with van der Waals surface area (Å²) < 4.78 is 2.08. The van der Waals surface area contributed by atoms with Crippen LogP contribution < -0.4 is 5.32 Å². The Labute approximate surface area is 183 Å². The Hall–Kier alpha value is -3.07. The van der Waals surface area contributed by atoms with E-state index in [1.807, 2.05) is 30.0 Å². The molecule has 2 aromatic rings. The molecule has 1 aromatic carbocycles. The monoisotopic (exact) mass is 418 g/mol. The number of aromatic nitrogens is 1. The number of carbonyl (C=O) groups is 2. The van der Waals surface area contributed by atoms with E-state index in [2.05, 4.69) is 22.9 Å². The van der Waals surface area contributed by atoms with Crippen LogP contribution in [0.1, 0.15) is 89.7 Å². The van der Waals surface area contributed by atoms with Gasteiger partial charge in [0.2, 0.25) is 0 Å². The molecule has 3 heterocycles. The lowest BCUT2D eigenvalue weighted by Gasteiger charge is -2.24. The molecule has 31 heavy (non-hydrogen) atoms. The number of likely N-dealkylation sites (tertiary alicyclic amines) is 1. The fraction of sp³-hybridized carbons (Fsp3) is 0.480. The van der Waals surface area contributed by atoms with Crippen molar-refractivity contribution >= 4 is 11.8 Å². The van der Waals surface area contributed by atoms with Gasteiger partial charge in [0.15, 0.2) is 0 Å². The van der Waals surface area contributed by atoms with E-state index in [0.29, 0.717) is 16.8 Å². The Morgan fingerprint density at radius 3 is 2.61 bits per heavy atom. The standard InChI is InChI=1S/C25H30N4O2/c1-3-21(19-11-9-18(16-26)10-12-19)27-24(30)20-15-23(29-13-5-4-8-22(20)29)25(31)28-14-6-7-17(28)2/h9-12,15,17,21H,3-8,13-14H2,1-2H3,(H,27,30)/t17-,21+/m0/s1. The summed E-state index contributed by atoms with van der Waals surface area (Å²) in [6.07, 6.45) is 5.70. The minimum atomic E-state index is -0.142. The van der Waals surface area contributed by atoms with Crippen molar-refractivity contribution in [3.05, 3.63) is 58.4 Å². The Morgan fingerprint density at radius 2 is 1.97 bits per heavy atom. The van der Waals surface area contributed by atoms with Crippen molar-refractivity contribution in [2.24, 2.45) is 0 Å². The maximum absolute atomic E-state index is 13.3. The van der Waals surface area contributed by atoms with Crippen LogP contribution in [0.25, 0.3) is 0 Å². The van der Waals surface area contributed by atoms with E-state index in [1.54, 1.807) is 12.1 Å². The van der Waals surface area contributed by atoms with Gasteiger partial charge in [0, 0.05) is 24.8 Å². The van der Waals surface area contributed by atoms with Gasteiger partial charge in [0.25, 0.3) is 11.8 Å². The SMILES string of the molecule is CC[C@@H](NC(=O)c1cc(C(=O)N2CCC[C@@H]2C)n2c1CCCC2)c1ccc(C#N)cc1. The molecule has 0 unspecified atom stereocenters. The van der Waals surface area contributed by atoms with Gasteiger partial charge in [-0.15, -0.1) is 0 Å². The van der Waals surface area contributed by atoms with Crippen molar-refractivity contribution in [3.63, 3.8) is 0 Å². The Bertz CT molecular complexity index is 1020. The number of benzene rings is 1. The smallest absolute Gasteiger partial charge is 0.270 e. The van der Waals surface area contributed by atoms with Crippen molar-refractivity contribution in [1.82, 2.24) is 14.8 Å². The predicted molar refractivity (Wildman–Crippen MR) is 119 cm³/mol. The molecular formula is C25H30N4O2. The summed E-state index contributed by atoms with van der Waals surface area (Å²) in [7, 11) is 0. The molecule has 4 rings (SSSR count). The molecule has 0 bridgehead atoms. The summed E-state index contributed by atoms with van der Waals surface area (Å²) in [4.78, 5) is 28.5. The summed E-state index contributed by atoms with van der Waals surface area (Å²) >= 11 is 0. The average Bonchev–Trinajstić information content (AvgIpc) is 3.41. The lowest BCUT2D eigenvalue weighted by molar-refractivity contribution is 0.0735. The molecule has 0 radical (unpaired) electrons. The number of hydrogen-bond acceptors (Lipinski definition) is 3. The van der Waals surface area contributed by atoms with Crippen LogP contribution in [-0.2, 0) is 13.0 Å². The maximum atomic E-state index is 13.3. The van der Waals surface area contributed by atoms with Crippen molar-refractivity contribution in [2.75, 3.05) is 6.54 Å². The molecule has 1 aromatic heterocycles. The third-order valence-electron chi connectivity index (χ3n) is 6.69. The fourth-order valence-corrected chi connectivity index (χ4v) is 4.88. The predicted octanol–water partition coefficient (Wildman–Crippen LogP) is 4.20. The average molecular weight is 419 g/mol. The van der Waals surface area contributed by atoms with Gasteiger partial charge in [-0.25, -0.2) is 0 Å². The number of fused-ring (bicyclic) bond motifs is 1. The van der Waals surface area contributed by atoms with Crippen LogP contribution in [0.4, 0.5) is 0 Å². The van der Waals surface area contributed by atoms with Crippen LogP contribution in [-0.4, -0.2) is 33.9 Å². The van der Waals surface area contributed by atoms with Gasteiger partial charge < -0.3 is 14.8 Å². The number of nitrogens with zero attached hydrogens (tertiary/aromatic N) is 3. The zero-order valence-electron chi connectivity index (χ0n) is 18.4. The van der Waals surface area contributed by atoms with Crippen LogP contribution in [0.5, 0.6) is 0 Å². The third kappa shape index (κ3) is 4.10. The molecule has 2 atom stereocenters. The Morgan fingerprint density at radius 1 is 1.19 bits per heavy atom. The highest BCUT2D eigenvalue weighted by molar-refractivity contribution is 6.01. The minimum absolute atomic E-state index is 0.0475. The highest BCUT2D eigenvalue weighted by Crippen LogP contribution is 2.28. The second-order valence-corrected chi connectivity index (χ2v) is 8.66. The lowest BCUT2D eigenvalue weighted by Crippen LogP contribution is -2.35. The van der Waals surface area contributed by atoms with Gasteiger partial charge in [0.1, 0.15) is 5.69 Å².